The Balaban J connectivity index is 4.62. The fourth-order valence-corrected chi connectivity index (χ4v) is 2.60. The maximum absolute atomic E-state index is 12.0. The molecule has 0 aromatic rings. The summed E-state index contributed by atoms with van der Waals surface area (Å²) in [7, 11) is 0. The lowest BCUT2D eigenvalue weighted by molar-refractivity contribution is -0.122. The number of likely N-dealkylation sites (N-methyl/N-ethyl adjacent to an activating group) is 1. The van der Waals surface area contributed by atoms with E-state index < -0.39 is 5.54 Å². The number of hydrogen-bond donors (Lipinski definition) is 4. The zero-order valence-electron chi connectivity index (χ0n) is 19.1. The minimum atomic E-state index is -0.764. The molecule has 0 fully saturated rings. The average Bonchev–Trinajstić information content (AvgIpc) is 2.76. The molecular weight excluding hydrogens is 400 g/mol. The summed E-state index contributed by atoms with van der Waals surface area (Å²) in [6, 6.07) is 0. The topological polar surface area (TPSA) is 118 Å². The van der Waals surface area contributed by atoms with E-state index in [1.807, 2.05) is 6.92 Å². The van der Waals surface area contributed by atoms with Crippen molar-refractivity contribution in [1.29, 1.82) is 0 Å². The van der Waals surface area contributed by atoms with Crippen molar-refractivity contribution in [3.8, 4) is 0 Å². The van der Waals surface area contributed by atoms with Crippen LogP contribution >= 0.6 is 0 Å². The Morgan fingerprint density at radius 2 is 1.52 bits per heavy atom. The van der Waals surface area contributed by atoms with E-state index in [2.05, 4.69) is 34.4 Å². The molecule has 0 spiro atoms. The third kappa shape index (κ3) is 15.3. The summed E-state index contributed by atoms with van der Waals surface area (Å²) in [5.41, 5.74) is -0.764. The fraction of sp³-hybridized carbons (Fsp3) is 0.682. The van der Waals surface area contributed by atoms with Crippen LogP contribution in [0.1, 0.15) is 39.5 Å². The van der Waals surface area contributed by atoms with Crippen LogP contribution in [-0.2, 0) is 23.9 Å². The molecule has 0 saturated heterocycles. The first-order chi connectivity index (χ1) is 14.9. The van der Waals surface area contributed by atoms with Gasteiger partial charge in [0.2, 0.25) is 17.7 Å². The van der Waals surface area contributed by atoms with Gasteiger partial charge in [0.25, 0.3) is 0 Å². The van der Waals surface area contributed by atoms with Crippen LogP contribution in [0, 0.1) is 0 Å². The molecule has 0 saturated carbocycles. The Bertz CT molecular complexity index is 556. The molecular formula is C22H40N4O5. The predicted octanol–water partition coefficient (Wildman–Crippen LogP) is 0.669. The lowest BCUT2D eigenvalue weighted by atomic mass is 10.0. The normalized spacial score (nSPS) is 12.5. The van der Waals surface area contributed by atoms with Gasteiger partial charge in [0.15, 0.2) is 0 Å². The van der Waals surface area contributed by atoms with Gasteiger partial charge >= 0.3 is 0 Å². The summed E-state index contributed by atoms with van der Waals surface area (Å²) in [5, 5.41) is 11.8. The molecule has 0 aromatic carbocycles. The van der Waals surface area contributed by atoms with Crippen LogP contribution < -0.4 is 21.3 Å². The number of carbonyl (C=O) groups excluding carboxylic acids is 3. The van der Waals surface area contributed by atoms with Crippen LogP contribution in [0.4, 0.5) is 0 Å². The predicted molar refractivity (Wildman–Crippen MR) is 122 cm³/mol. The van der Waals surface area contributed by atoms with Gasteiger partial charge in [-0.1, -0.05) is 26.5 Å². The quantitative estimate of drug-likeness (QED) is 0.126. The Labute approximate surface area is 186 Å². The second-order valence-corrected chi connectivity index (χ2v) is 7.11. The van der Waals surface area contributed by atoms with E-state index in [1.165, 1.54) is 6.08 Å². The van der Waals surface area contributed by atoms with Gasteiger partial charge in [0.05, 0.1) is 18.8 Å². The fourth-order valence-electron chi connectivity index (χ4n) is 2.60. The van der Waals surface area contributed by atoms with E-state index in [-0.39, 0.29) is 30.9 Å². The number of rotatable bonds is 20. The van der Waals surface area contributed by atoms with Crippen molar-refractivity contribution in [3.63, 3.8) is 0 Å². The summed E-state index contributed by atoms with van der Waals surface area (Å²) in [4.78, 5) is 34.7. The van der Waals surface area contributed by atoms with Crippen LogP contribution in [0.2, 0.25) is 0 Å². The lowest BCUT2D eigenvalue weighted by Gasteiger charge is -2.34. The number of amides is 3. The smallest absolute Gasteiger partial charge is 0.244 e. The first-order valence-electron chi connectivity index (χ1n) is 10.9. The van der Waals surface area contributed by atoms with Gasteiger partial charge in [-0.2, -0.15) is 0 Å². The van der Waals surface area contributed by atoms with Crippen LogP contribution in [0.3, 0.4) is 0 Å². The second-order valence-electron chi connectivity index (χ2n) is 7.11. The molecule has 3 amide bonds. The summed E-state index contributed by atoms with van der Waals surface area (Å²) < 4.78 is 11.6. The first kappa shape index (κ1) is 28.8. The van der Waals surface area contributed by atoms with E-state index >= 15 is 0 Å². The number of carbonyl (C=O) groups is 3. The van der Waals surface area contributed by atoms with Gasteiger partial charge in [-0.05, 0) is 25.5 Å². The number of ether oxygens (including phenoxy) is 2. The Morgan fingerprint density at radius 3 is 2.00 bits per heavy atom. The second kappa shape index (κ2) is 18.5. The molecule has 0 aliphatic heterocycles. The van der Waals surface area contributed by atoms with Gasteiger partial charge in [-0.15, -0.1) is 6.58 Å². The van der Waals surface area contributed by atoms with Crippen LogP contribution in [0.15, 0.2) is 25.3 Å². The Hall–Kier alpha value is -2.23. The maximum atomic E-state index is 12.0. The van der Waals surface area contributed by atoms with Crippen molar-refractivity contribution in [2.24, 2.45) is 0 Å². The van der Waals surface area contributed by atoms with Crippen molar-refractivity contribution < 1.29 is 23.9 Å². The number of nitrogens with one attached hydrogen (secondary N) is 4. The van der Waals surface area contributed by atoms with E-state index in [9.17, 15) is 14.4 Å². The summed E-state index contributed by atoms with van der Waals surface area (Å²) in [6.07, 6.45) is 4.84. The highest BCUT2D eigenvalue weighted by molar-refractivity contribution is 5.87. The highest BCUT2D eigenvalue weighted by Crippen LogP contribution is 2.08. The molecule has 0 aliphatic carbocycles. The molecule has 1 atom stereocenters. The minimum Gasteiger partial charge on any atom is -0.379 e. The number of hydrogen-bond acceptors (Lipinski definition) is 6. The molecule has 0 radical (unpaired) electrons. The molecule has 9 nitrogen and oxygen atoms in total. The third-order valence-corrected chi connectivity index (χ3v) is 4.27. The molecule has 0 bridgehead atoms. The maximum Gasteiger partial charge on any atom is 0.244 e. The SMILES string of the molecule is C=CCC(=O)NCCCOCC(CNCC)(COCCCNC(=O)CC)NC(=O)C=C. The van der Waals surface area contributed by atoms with Gasteiger partial charge in [-0.25, -0.2) is 0 Å². The Morgan fingerprint density at radius 1 is 0.935 bits per heavy atom. The third-order valence-electron chi connectivity index (χ3n) is 4.27. The Kier molecular flexibility index (Phi) is 17.2. The molecule has 1 unspecified atom stereocenters. The van der Waals surface area contributed by atoms with Crippen LogP contribution in [-0.4, -0.2) is 75.9 Å². The summed E-state index contributed by atoms with van der Waals surface area (Å²) >= 11 is 0. The molecule has 178 valence electrons. The molecule has 9 heteroatoms. The average molecular weight is 441 g/mol. The van der Waals surface area contributed by atoms with Gasteiger partial charge in [-0.3, -0.25) is 14.4 Å². The van der Waals surface area contributed by atoms with Gasteiger partial charge in [0, 0.05) is 45.7 Å². The minimum absolute atomic E-state index is 0.00817. The molecule has 0 heterocycles. The van der Waals surface area contributed by atoms with Crippen molar-refractivity contribution in [1.82, 2.24) is 21.3 Å². The van der Waals surface area contributed by atoms with E-state index in [0.29, 0.717) is 58.5 Å². The zero-order valence-corrected chi connectivity index (χ0v) is 19.1. The highest BCUT2D eigenvalue weighted by Gasteiger charge is 2.32. The monoisotopic (exact) mass is 440 g/mol. The van der Waals surface area contributed by atoms with Crippen molar-refractivity contribution in [3.05, 3.63) is 25.3 Å². The van der Waals surface area contributed by atoms with Crippen LogP contribution in [0.25, 0.3) is 0 Å². The lowest BCUT2D eigenvalue weighted by Crippen LogP contribution is -2.60. The standard InChI is InChI=1S/C22H40N4O5/c1-5-11-21(29)25-13-10-15-31-18-22(16-23-8-4,26-20(28)7-3)17-30-14-9-12-24-19(27)6-2/h5,7,23H,1,3,6,8-18H2,2,4H3,(H,24,27)(H,25,29)(H,26,28). The molecule has 0 aliphatic rings. The summed E-state index contributed by atoms with van der Waals surface area (Å²) in [5.74, 6) is -0.371. The van der Waals surface area contributed by atoms with Crippen molar-refractivity contribution >= 4 is 17.7 Å². The van der Waals surface area contributed by atoms with E-state index in [0.717, 1.165) is 6.54 Å². The van der Waals surface area contributed by atoms with Crippen LogP contribution in [0.5, 0.6) is 0 Å². The van der Waals surface area contributed by atoms with E-state index in [4.69, 9.17) is 9.47 Å². The highest BCUT2D eigenvalue weighted by atomic mass is 16.5. The van der Waals surface area contributed by atoms with E-state index in [1.54, 1.807) is 13.0 Å². The molecule has 0 aromatic heterocycles. The van der Waals surface area contributed by atoms with Crippen molar-refractivity contribution in [2.45, 2.75) is 45.1 Å². The van der Waals surface area contributed by atoms with Gasteiger partial charge in [0.1, 0.15) is 0 Å². The van der Waals surface area contributed by atoms with Gasteiger partial charge < -0.3 is 30.7 Å². The first-order valence-corrected chi connectivity index (χ1v) is 10.9. The zero-order chi connectivity index (χ0) is 23.4. The molecule has 31 heavy (non-hydrogen) atoms. The van der Waals surface area contributed by atoms with Crippen molar-refractivity contribution in [2.75, 3.05) is 52.6 Å². The molecule has 4 N–H and O–H groups in total. The summed E-state index contributed by atoms with van der Waals surface area (Å²) in [6.45, 7) is 14.4. The molecule has 0 rings (SSSR count). The largest absolute Gasteiger partial charge is 0.379 e.